The van der Waals surface area contributed by atoms with E-state index in [4.69, 9.17) is 11.6 Å². The van der Waals surface area contributed by atoms with Crippen LogP contribution in [0.25, 0.3) is 0 Å². The summed E-state index contributed by atoms with van der Waals surface area (Å²) < 4.78 is 0. The Labute approximate surface area is 125 Å². The largest absolute Gasteiger partial charge is 0.378 e. The van der Waals surface area contributed by atoms with E-state index >= 15 is 0 Å². The number of carbonyl (C=O) groups excluding carboxylic acids is 1. The standard InChI is InChI=1S/C16H21ClN2O/c1-18(2)13-5-3-4-11(8-13)16(20)19-14-6-7-15(19)10-12(17)9-14/h3-5,8,12,14-15H,6-7,9-10H2,1-2H3. The average Bonchev–Trinajstić information content (AvgIpc) is 2.70. The molecule has 2 aliphatic heterocycles. The Balaban J connectivity index is 1.84. The van der Waals surface area contributed by atoms with Gasteiger partial charge in [0.1, 0.15) is 0 Å². The number of hydrogen-bond acceptors (Lipinski definition) is 2. The van der Waals surface area contributed by atoms with E-state index in [1.807, 2.05) is 43.3 Å². The molecule has 108 valence electrons. The second-order valence-electron chi connectivity index (χ2n) is 6.11. The Kier molecular flexibility index (Phi) is 3.63. The van der Waals surface area contributed by atoms with Crippen LogP contribution in [0.4, 0.5) is 5.69 Å². The van der Waals surface area contributed by atoms with E-state index in [1.54, 1.807) is 0 Å². The fourth-order valence-corrected chi connectivity index (χ4v) is 3.92. The molecule has 1 aromatic rings. The van der Waals surface area contributed by atoms with Gasteiger partial charge in [0.2, 0.25) is 0 Å². The highest BCUT2D eigenvalue weighted by atomic mass is 35.5. The van der Waals surface area contributed by atoms with Crippen molar-refractivity contribution in [2.75, 3.05) is 19.0 Å². The Morgan fingerprint density at radius 1 is 1.25 bits per heavy atom. The molecule has 0 aromatic heterocycles. The highest BCUT2D eigenvalue weighted by molar-refractivity contribution is 6.20. The van der Waals surface area contributed by atoms with Crippen molar-refractivity contribution in [3.8, 4) is 0 Å². The van der Waals surface area contributed by atoms with Crippen LogP contribution in [0.1, 0.15) is 36.0 Å². The van der Waals surface area contributed by atoms with E-state index in [0.29, 0.717) is 12.1 Å². The number of piperidine rings is 1. The third-order valence-corrected chi connectivity index (χ3v) is 4.88. The normalized spacial score (nSPS) is 28.6. The summed E-state index contributed by atoms with van der Waals surface area (Å²) >= 11 is 6.28. The molecule has 0 saturated carbocycles. The quantitative estimate of drug-likeness (QED) is 0.782. The summed E-state index contributed by atoms with van der Waals surface area (Å²) in [5.41, 5.74) is 1.86. The van der Waals surface area contributed by atoms with Gasteiger partial charge in [0.15, 0.2) is 0 Å². The molecule has 0 aliphatic carbocycles. The Bertz CT molecular complexity index is 503. The number of benzene rings is 1. The summed E-state index contributed by atoms with van der Waals surface area (Å²) in [5.74, 6) is 0.171. The van der Waals surface area contributed by atoms with Crippen LogP contribution in [-0.2, 0) is 0 Å². The molecule has 20 heavy (non-hydrogen) atoms. The number of rotatable bonds is 2. The predicted octanol–water partition coefficient (Wildman–Crippen LogP) is 3.13. The zero-order chi connectivity index (χ0) is 14.3. The molecule has 0 N–H and O–H groups in total. The molecule has 0 radical (unpaired) electrons. The van der Waals surface area contributed by atoms with Crippen LogP contribution in [0.3, 0.4) is 0 Å². The number of anilines is 1. The van der Waals surface area contributed by atoms with Gasteiger partial charge in [0, 0.05) is 42.8 Å². The maximum atomic E-state index is 12.8. The van der Waals surface area contributed by atoms with Gasteiger partial charge in [-0.1, -0.05) is 6.07 Å². The number of halogens is 1. The van der Waals surface area contributed by atoms with Gasteiger partial charge in [-0.2, -0.15) is 0 Å². The number of carbonyl (C=O) groups is 1. The van der Waals surface area contributed by atoms with Gasteiger partial charge in [-0.15, -0.1) is 11.6 Å². The molecule has 2 saturated heterocycles. The Morgan fingerprint density at radius 3 is 2.50 bits per heavy atom. The highest BCUT2D eigenvalue weighted by Crippen LogP contribution is 2.38. The Morgan fingerprint density at radius 2 is 1.90 bits per heavy atom. The third-order valence-electron chi connectivity index (χ3n) is 4.52. The minimum atomic E-state index is 0.171. The van der Waals surface area contributed by atoms with Gasteiger partial charge in [0.25, 0.3) is 5.91 Å². The molecule has 3 nitrogen and oxygen atoms in total. The molecule has 3 rings (SSSR count). The van der Waals surface area contributed by atoms with Crippen molar-refractivity contribution in [1.82, 2.24) is 4.90 Å². The van der Waals surface area contributed by atoms with Gasteiger partial charge in [-0.05, 0) is 43.9 Å². The molecule has 4 heteroatoms. The lowest BCUT2D eigenvalue weighted by Gasteiger charge is -2.37. The number of hydrogen-bond donors (Lipinski definition) is 0. The number of alkyl halides is 1. The predicted molar refractivity (Wildman–Crippen MR) is 82.6 cm³/mol. The first kappa shape index (κ1) is 13.7. The van der Waals surface area contributed by atoms with Gasteiger partial charge < -0.3 is 9.80 Å². The maximum Gasteiger partial charge on any atom is 0.254 e. The maximum absolute atomic E-state index is 12.8. The van der Waals surface area contributed by atoms with Crippen LogP contribution >= 0.6 is 11.6 Å². The smallest absolute Gasteiger partial charge is 0.254 e. The van der Waals surface area contributed by atoms with Gasteiger partial charge in [-0.3, -0.25) is 4.79 Å². The third kappa shape index (κ3) is 2.39. The monoisotopic (exact) mass is 292 g/mol. The lowest BCUT2D eigenvalue weighted by Crippen LogP contribution is -2.46. The molecule has 1 amide bonds. The molecular formula is C16H21ClN2O. The van der Waals surface area contributed by atoms with Crippen LogP contribution < -0.4 is 4.90 Å². The zero-order valence-electron chi connectivity index (χ0n) is 12.1. The molecule has 2 fully saturated rings. The number of amides is 1. The summed E-state index contributed by atoms with van der Waals surface area (Å²) in [5, 5.41) is 0.240. The van der Waals surface area contributed by atoms with Crippen LogP contribution in [0.5, 0.6) is 0 Å². The fraction of sp³-hybridized carbons (Fsp3) is 0.562. The van der Waals surface area contributed by atoms with E-state index in [1.165, 1.54) is 0 Å². The summed E-state index contributed by atoms with van der Waals surface area (Å²) in [4.78, 5) is 16.9. The first-order valence-electron chi connectivity index (χ1n) is 7.30. The first-order chi connectivity index (χ1) is 9.56. The minimum Gasteiger partial charge on any atom is -0.378 e. The molecule has 2 unspecified atom stereocenters. The van der Waals surface area contributed by atoms with E-state index in [0.717, 1.165) is 36.9 Å². The van der Waals surface area contributed by atoms with Crippen molar-refractivity contribution in [3.63, 3.8) is 0 Å². The van der Waals surface area contributed by atoms with E-state index in [2.05, 4.69) is 4.90 Å². The molecule has 2 bridgehead atoms. The molecule has 2 atom stereocenters. The fourth-order valence-electron chi connectivity index (χ4n) is 3.51. The first-order valence-corrected chi connectivity index (χ1v) is 7.74. The molecule has 0 spiro atoms. The molecule has 1 aromatic carbocycles. The highest BCUT2D eigenvalue weighted by Gasteiger charge is 2.42. The lowest BCUT2D eigenvalue weighted by molar-refractivity contribution is 0.0599. The van der Waals surface area contributed by atoms with Crippen LogP contribution in [0.15, 0.2) is 24.3 Å². The van der Waals surface area contributed by atoms with Crippen LogP contribution in [-0.4, -0.2) is 42.4 Å². The van der Waals surface area contributed by atoms with Crippen molar-refractivity contribution in [3.05, 3.63) is 29.8 Å². The summed E-state index contributed by atoms with van der Waals surface area (Å²) in [7, 11) is 3.98. The molecule has 2 heterocycles. The molecular weight excluding hydrogens is 272 g/mol. The zero-order valence-corrected chi connectivity index (χ0v) is 12.8. The van der Waals surface area contributed by atoms with Crippen molar-refractivity contribution < 1.29 is 4.79 Å². The van der Waals surface area contributed by atoms with Crippen molar-refractivity contribution >= 4 is 23.2 Å². The van der Waals surface area contributed by atoms with Gasteiger partial charge in [0.05, 0.1) is 0 Å². The van der Waals surface area contributed by atoms with E-state index in [-0.39, 0.29) is 11.3 Å². The minimum absolute atomic E-state index is 0.171. The Hall–Kier alpha value is -1.22. The van der Waals surface area contributed by atoms with Crippen LogP contribution in [0, 0.1) is 0 Å². The van der Waals surface area contributed by atoms with E-state index < -0.39 is 0 Å². The number of fused-ring (bicyclic) bond motifs is 2. The van der Waals surface area contributed by atoms with Crippen LogP contribution in [0.2, 0.25) is 0 Å². The number of nitrogens with zero attached hydrogens (tertiary/aromatic N) is 2. The van der Waals surface area contributed by atoms with Gasteiger partial charge >= 0.3 is 0 Å². The topological polar surface area (TPSA) is 23.6 Å². The van der Waals surface area contributed by atoms with Gasteiger partial charge in [-0.25, -0.2) is 0 Å². The van der Waals surface area contributed by atoms with Crippen molar-refractivity contribution in [2.45, 2.75) is 43.1 Å². The summed E-state index contributed by atoms with van der Waals surface area (Å²) in [6.45, 7) is 0. The van der Waals surface area contributed by atoms with Crippen molar-refractivity contribution in [2.24, 2.45) is 0 Å². The van der Waals surface area contributed by atoms with E-state index in [9.17, 15) is 4.79 Å². The second kappa shape index (κ2) is 5.28. The summed E-state index contributed by atoms with van der Waals surface area (Å²) in [6.07, 6.45) is 4.09. The second-order valence-corrected chi connectivity index (χ2v) is 6.73. The molecule has 2 aliphatic rings. The average molecular weight is 293 g/mol. The SMILES string of the molecule is CN(C)c1cccc(C(=O)N2C3CCC2CC(Cl)C3)c1. The lowest BCUT2D eigenvalue weighted by atomic mass is 10.0. The van der Waals surface area contributed by atoms with Crippen molar-refractivity contribution in [1.29, 1.82) is 0 Å². The summed E-state index contributed by atoms with van der Waals surface area (Å²) in [6, 6.07) is 8.56.